The van der Waals surface area contributed by atoms with E-state index in [0.29, 0.717) is 18.4 Å². The molecule has 2 aliphatic rings. The van der Waals surface area contributed by atoms with E-state index >= 15 is 0 Å². The Morgan fingerprint density at radius 2 is 1.73 bits per heavy atom. The van der Waals surface area contributed by atoms with E-state index in [1.54, 1.807) is 12.1 Å². The maximum Gasteiger partial charge on any atom is 0.328 e. The predicted octanol–water partition coefficient (Wildman–Crippen LogP) is 2.33. The summed E-state index contributed by atoms with van der Waals surface area (Å²) in [4.78, 5) is 28.6. The number of amides is 1. The number of benzene rings is 1. The minimum absolute atomic E-state index is 0.00287. The van der Waals surface area contributed by atoms with Gasteiger partial charge < -0.3 is 14.7 Å². The van der Waals surface area contributed by atoms with Crippen LogP contribution in [0.4, 0.5) is 0 Å². The number of carboxylic acids is 1. The molecule has 0 bridgehead atoms. The zero-order valence-electron chi connectivity index (χ0n) is 16.0. The van der Waals surface area contributed by atoms with Gasteiger partial charge in [0.05, 0.1) is 6.61 Å². The molecule has 1 aromatic rings. The first-order chi connectivity index (χ1) is 12.1. The van der Waals surface area contributed by atoms with Gasteiger partial charge in [0.25, 0.3) is 5.91 Å². The van der Waals surface area contributed by atoms with Gasteiger partial charge >= 0.3 is 5.97 Å². The number of ether oxygens (including phenoxy) is 1. The van der Waals surface area contributed by atoms with E-state index in [0.717, 1.165) is 18.7 Å². The number of carbonyl (C=O) groups excluding carboxylic acids is 1. The van der Waals surface area contributed by atoms with Crippen LogP contribution in [0.2, 0.25) is 0 Å². The van der Waals surface area contributed by atoms with Gasteiger partial charge in [0.2, 0.25) is 0 Å². The van der Waals surface area contributed by atoms with Crippen LogP contribution in [0.25, 0.3) is 0 Å². The van der Waals surface area contributed by atoms with Gasteiger partial charge in [-0.25, -0.2) is 4.79 Å². The molecule has 2 fully saturated rings. The summed E-state index contributed by atoms with van der Waals surface area (Å²) in [5.41, 5.74) is 0.829. The van der Waals surface area contributed by atoms with Crippen LogP contribution >= 0.6 is 0 Å². The summed E-state index contributed by atoms with van der Waals surface area (Å²) in [5.74, 6) is -1.28. The average molecular weight is 360 g/mol. The Labute approximate surface area is 154 Å². The third-order valence-electron chi connectivity index (χ3n) is 5.53. The van der Waals surface area contributed by atoms with Crippen molar-refractivity contribution in [2.45, 2.75) is 50.8 Å². The number of carboxylic acid groups (broad SMARTS) is 1. The van der Waals surface area contributed by atoms with E-state index in [1.165, 1.54) is 4.90 Å². The first-order valence-corrected chi connectivity index (χ1v) is 9.14. The molecule has 2 aliphatic heterocycles. The summed E-state index contributed by atoms with van der Waals surface area (Å²) < 4.78 is 5.93. The molecule has 1 aromatic carbocycles. The number of nitrogens with zero attached hydrogens (tertiary/aromatic N) is 2. The molecule has 1 amide bonds. The van der Waals surface area contributed by atoms with Crippen LogP contribution in [-0.4, -0.2) is 65.3 Å². The highest BCUT2D eigenvalue weighted by Gasteiger charge is 2.53. The summed E-state index contributed by atoms with van der Waals surface area (Å²) in [5, 5.41) is 9.61. The lowest BCUT2D eigenvalue weighted by Crippen LogP contribution is -2.57. The van der Waals surface area contributed by atoms with Crippen LogP contribution in [0.3, 0.4) is 0 Å². The van der Waals surface area contributed by atoms with E-state index in [9.17, 15) is 14.7 Å². The van der Waals surface area contributed by atoms with Gasteiger partial charge in [0.1, 0.15) is 5.72 Å². The Morgan fingerprint density at radius 1 is 1.15 bits per heavy atom. The molecule has 2 heterocycles. The van der Waals surface area contributed by atoms with Gasteiger partial charge in [0.15, 0.2) is 6.04 Å². The topological polar surface area (TPSA) is 70.1 Å². The van der Waals surface area contributed by atoms with Crippen LogP contribution in [0, 0.1) is 0 Å². The second-order valence-electron chi connectivity index (χ2n) is 8.42. The molecule has 0 aliphatic carbocycles. The van der Waals surface area contributed by atoms with Gasteiger partial charge in [-0.3, -0.25) is 9.69 Å². The number of rotatable bonds is 2. The second kappa shape index (κ2) is 6.67. The molecule has 2 saturated heterocycles. The molecule has 6 nitrogen and oxygen atoms in total. The number of aliphatic carboxylic acids is 1. The second-order valence-corrected chi connectivity index (χ2v) is 8.42. The van der Waals surface area contributed by atoms with Crippen molar-refractivity contribution in [3.63, 3.8) is 0 Å². The lowest BCUT2D eigenvalue weighted by atomic mass is 9.86. The van der Waals surface area contributed by atoms with Crippen molar-refractivity contribution in [1.82, 2.24) is 9.80 Å². The van der Waals surface area contributed by atoms with E-state index in [1.807, 2.05) is 19.2 Å². The maximum atomic E-state index is 13.2. The van der Waals surface area contributed by atoms with Crippen molar-refractivity contribution < 1.29 is 19.4 Å². The van der Waals surface area contributed by atoms with E-state index < -0.39 is 17.7 Å². The molecule has 1 N–H and O–H groups in total. The molecule has 26 heavy (non-hydrogen) atoms. The first kappa shape index (κ1) is 18.9. The van der Waals surface area contributed by atoms with Crippen molar-refractivity contribution >= 4 is 11.9 Å². The molecule has 0 saturated carbocycles. The summed E-state index contributed by atoms with van der Waals surface area (Å²) in [6.07, 6.45) is 1.25. The van der Waals surface area contributed by atoms with Crippen molar-refractivity contribution in [1.29, 1.82) is 0 Å². The lowest BCUT2D eigenvalue weighted by molar-refractivity contribution is -0.143. The summed E-state index contributed by atoms with van der Waals surface area (Å²) in [6, 6.07) is 6.54. The Morgan fingerprint density at radius 3 is 2.23 bits per heavy atom. The number of hydrogen-bond acceptors (Lipinski definition) is 4. The smallest absolute Gasteiger partial charge is 0.328 e. The molecule has 6 heteroatoms. The Balaban J connectivity index is 1.91. The largest absolute Gasteiger partial charge is 0.480 e. The highest BCUT2D eigenvalue weighted by molar-refractivity contribution is 5.97. The van der Waals surface area contributed by atoms with Gasteiger partial charge in [-0.05, 0) is 30.2 Å². The standard InChI is InChI=1S/C20H28N2O4/c1-19(2,3)15-7-5-14(6-8-15)17(23)22-16(18(24)25)13-26-20(22)9-11-21(4)12-10-20/h5-8,16H,9-13H2,1-4H3,(H,24,25)/t16-/m1/s1. The molecule has 0 unspecified atom stereocenters. The SMILES string of the molecule is CN1CCC2(CC1)OC[C@H](C(=O)O)N2C(=O)c1ccc(C(C)(C)C)cc1. The number of piperidine rings is 1. The minimum Gasteiger partial charge on any atom is -0.480 e. The highest BCUT2D eigenvalue weighted by atomic mass is 16.5. The third-order valence-corrected chi connectivity index (χ3v) is 5.53. The quantitative estimate of drug-likeness (QED) is 0.877. The average Bonchev–Trinajstić information content (AvgIpc) is 2.96. The van der Waals surface area contributed by atoms with Crippen LogP contribution in [0.1, 0.15) is 49.5 Å². The molecular weight excluding hydrogens is 332 g/mol. The Hall–Kier alpha value is -1.92. The monoisotopic (exact) mass is 360 g/mol. The van der Waals surface area contributed by atoms with Crippen LogP contribution in [0.5, 0.6) is 0 Å². The summed E-state index contributed by atoms with van der Waals surface area (Å²) in [7, 11) is 2.02. The summed E-state index contributed by atoms with van der Waals surface area (Å²) in [6.45, 7) is 7.95. The van der Waals surface area contributed by atoms with Gasteiger partial charge in [0, 0.05) is 31.5 Å². The van der Waals surface area contributed by atoms with Crippen molar-refractivity contribution in [3.8, 4) is 0 Å². The van der Waals surface area contributed by atoms with Gasteiger partial charge in [-0.15, -0.1) is 0 Å². The fourth-order valence-electron chi connectivity index (χ4n) is 3.78. The van der Waals surface area contributed by atoms with Crippen molar-refractivity contribution in [2.24, 2.45) is 0 Å². The van der Waals surface area contributed by atoms with E-state index in [2.05, 4.69) is 25.7 Å². The number of hydrogen-bond donors (Lipinski definition) is 1. The normalized spacial score (nSPS) is 23.4. The predicted molar refractivity (Wildman–Crippen MR) is 98.1 cm³/mol. The van der Waals surface area contributed by atoms with Crippen molar-refractivity contribution in [2.75, 3.05) is 26.7 Å². The van der Waals surface area contributed by atoms with Crippen LogP contribution in [0.15, 0.2) is 24.3 Å². The molecule has 1 atom stereocenters. The zero-order valence-corrected chi connectivity index (χ0v) is 16.0. The first-order valence-electron chi connectivity index (χ1n) is 9.14. The Kier molecular flexibility index (Phi) is 4.84. The summed E-state index contributed by atoms with van der Waals surface area (Å²) >= 11 is 0. The zero-order chi connectivity index (χ0) is 19.1. The Bertz CT molecular complexity index is 685. The molecule has 0 radical (unpaired) electrons. The van der Waals surface area contributed by atoms with Gasteiger partial charge in [-0.2, -0.15) is 0 Å². The fourth-order valence-corrected chi connectivity index (χ4v) is 3.78. The lowest BCUT2D eigenvalue weighted by Gasteiger charge is -2.43. The fraction of sp³-hybridized carbons (Fsp3) is 0.600. The molecule has 142 valence electrons. The van der Waals surface area contributed by atoms with Gasteiger partial charge in [-0.1, -0.05) is 32.9 Å². The highest BCUT2D eigenvalue weighted by Crippen LogP contribution is 2.38. The van der Waals surface area contributed by atoms with Crippen LogP contribution < -0.4 is 0 Å². The van der Waals surface area contributed by atoms with Crippen LogP contribution in [-0.2, 0) is 14.9 Å². The number of likely N-dealkylation sites (tertiary alicyclic amines) is 1. The molecule has 1 spiro atoms. The molecule has 0 aromatic heterocycles. The number of carbonyl (C=O) groups is 2. The molecular formula is C20H28N2O4. The third kappa shape index (κ3) is 3.35. The van der Waals surface area contributed by atoms with Crippen molar-refractivity contribution in [3.05, 3.63) is 35.4 Å². The van der Waals surface area contributed by atoms with E-state index in [-0.39, 0.29) is 17.9 Å². The van der Waals surface area contributed by atoms with E-state index in [4.69, 9.17) is 4.74 Å². The minimum atomic E-state index is -1.01. The molecule has 3 rings (SSSR count). The maximum absolute atomic E-state index is 13.2.